The number of benzene rings is 7. The number of unbranched alkanes of at least 4 members (excludes halogenated alkanes) is 2. The Kier molecular flexibility index (Phi) is 29.8. The van der Waals surface area contributed by atoms with E-state index in [1.165, 1.54) is 91.0 Å². The Morgan fingerprint density at radius 1 is 0.531 bits per heavy atom. The summed E-state index contributed by atoms with van der Waals surface area (Å²) in [5.74, 6) is -10.6. The first-order valence-corrected chi connectivity index (χ1v) is 42.7. The van der Waals surface area contributed by atoms with Crippen LogP contribution in [0.15, 0.2) is 137 Å². The molecule has 0 saturated carbocycles. The lowest BCUT2D eigenvalue weighted by molar-refractivity contribution is -0.128. The van der Waals surface area contributed by atoms with E-state index in [2.05, 4.69) is 69.1 Å². The zero-order valence-electron chi connectivity index (χ0n) is 71.2. The number of aromatic nitrogens is 3. The molecule has 40 nitrogen and oxygen atoms in total. The van der Waals surface area contributed by atoms with Gasteiger partial charge in [0.25, 0.3) is 11.8 Å². The third-order valence-corrected chi connectivity index (χ3v) is 23.3. The molecule has 0 bridgehead atoms. The van der Waals surface area contributed by atoms with E-state index in [0.717, 1.165) is 0 Å². The van der Waals surface area contributed by atoms with Gasteiger partial charge in [0.2, 0.25) is 76.9 Å². The summed E-state index contributed by atoms with van der Waals surface area (Å²) in [6.45, 7) is 3.26. The number of aromatic carboxylic acids is 1. The summed E-state index contributed by atoms with van der Waals surface area (Å²) in [6, 6.07) is 25.9. The first-order valence-electron chi connectivity index (χ1n) is 42.7. The minimum Gasteiger partial charge on any atom is -0.508 e. The van der Waals surface area contributed by atoms with E-state index < -0.39 is 138 Å². The molecule has 5 atom stereocenters. The van der Waals surface area contributed by atoms with Gasteiger partial charge < -0.3 is 122 Å². The number of carboxylic acid groups (broad SMARTS) is 1. The maximum atomic E-state index is 14.5. The first kappa shape index (κ1) is 92.5. The normalized spacial score (nSPS) is 17.4. The number of phenols is 1. The monoisotopic (exact) mass is 1780 g/mol. The molecule has 40 heteroatoms. The SMILES string of the molecule is CC[C@H](C)[C@@H]1NC(=O)c2cc(NC(=O)CNC(=O)C3CCN(c4nc(Nc5ccc(-c6c7ccc(=O)cc-7oc7cc(O)ccc67)c(C(=O)O)c5)nc(N5CCC(C(=O)NCC(=O)Nc6ccc7c(c6)C(=O)N[C@@H](CO)C(=O)N[C@@H](CCCCN)C(=O)Nc6cc(C(N)=O)ccc6CN7)CC5)n4)CC3)ccc2NCc2ccc(C(N)=O)cc2NC(=O)[C@H](CCCCN)NC1=O. The van der Waals surface area contributed by atoms with Crippen molar-refractivity contribution in [1.29, 1.82) is 0 Å². The zero-order valence-corrected chi connectivity index (χ0v) is 71.2. The lowest BCUT2D eigenvalue weighted by Crippen LogP contribution is -2.55. The van der Waals surface area contributed by atoms with Gasteiger partial charge in [-0.2, -0.15) is 15.0 Å². The number of aliphatic hydroxyl groups is 1. The molecule has 0 spiro atoms. The number of amides is 12. The maximum Gasteiger partial charge on any atom is 0.336 e. The van der Waals surface area contributed by atoms with Crippen LogP contribution >= 0.6 is 0 Å². The van der Waals surface area contributed by atoms with Crippen molar-refractivity contribution in [1.82, 2.24) is 46.9 Å². The van der Waals surface area contributed by atoms with Gasteiger partial charge in [0.15, 0.2) is 5.43 Å². The van der Waals surface area contributed by atoms with Gasteiger partial charge in [-0.25, -0.2) is 4.79 Å². The number of rotatable bonds is 27. The van der Waals surface area contributed by atoms with E-state index in [0.29, 0.717) is 72.8 Å². The summed E-state index contributed by atoms with van der Waals surface area (Å²) in [7, 11) is 0. The summed E-state index contributed by atoms with van der Waals surface area (Å²) < 4.78 is 6.05. The molecular formula is C90H102N22O18. The van der Waals surface area contributed by atoms with E-state index in [9.17, 15) is 82.4 Å². The van der Waals surface area contributed by atoms with Crippen LogP contribution in [0.4, 0.5) is 57.7 Å². The lowest BCUT2D eigenvalue weighted by atomic mass is 9.90. The number of nitrogens with one attached hydrogen (secondary N) is 13. The van der Waals surface area contributed by atoms with Gasteiger partial charge in [-0.15, -0.1) is 0 Å². The fraction of sp³-hybridized carbons (Fsp3) is 0.344. The number of anilines is 10. The number of piperidine rings is 2. The molecule has 2 saturated heterocycles. The maximum absolute atomic E-state index is 14.5. The van der Waals surface area contributed by atoms with Gasteiger partial charge in [0.1, 0.15) is 41.3 Å². The Bertz CT molecular complexity index is 5910. The highest BCUT2D eigenvalue weighted by Gasteiger charge is 2.36. The summed E-state index contributed by atoms with van der Waals surface area (Å²) in [4.78, 5) is 209. The Balaban J connectivity index is 0.691. The molecule has 1 aromatic heterocycles. The quantitative estimate of drug-likeness (QED) is 0.0246. The van der Waals surface area contributed by atoms with Crippen LogP contribution in [0.1, 0.15) is 147 Å². The summed E-state index contributed by atoms with van der Waals surface area (Å²) >= 11 is 0. The summed E-state index contributed by atoms with van der Waals surface area (Å²) in [5, 5.41) is 69.2. The number of carbonyl (C=O) groups is 13. The molecule has 6 heterocycles. The Labute approximate surface area is 744 Å². The topological polar surface area (TPSA) is 618 Å². The first-order chi connectivity index (χ1) is 62.5. The van der Waals surface area contributed by atoms with Crippen LogP contribution in [0, 0.1) is 17.8 Å². The molecule has 130 heavy (non-hydrogen) atoms. The van der Waals surface area contributed by atoms with Crippen molar-refractivity contribution in [3.8, 4) is 28.2 Å². The lowest BCUT2D eigenvalue weighted by Gasteiger charge is -2.34. The van der Waals surface area contributed by atoms with E-state index in [1.54, 1.807) is 43.3 Å². The number of hydrogen-bond acceptors (Lipinski definition) is 27. The molecule has 0 unspecified atom stereocenters. The number of nitrogens with two attached hydrogens (primary N) is 4. The smallest absolute Gasteiger partial charge is 0.336 e. The van der Waals surface area contributed by atoms with E-state index in [4.69, 9.17) is 42.3 Å². The number of carbonyl (C=O) groups excluding carboxylic acids is 12. The van der Waals surface area contributed by atoms with Crippen LogP contribution in [0.2, 0.25) is 0 Å². The van der Waals surface area contributed by atoms with Gasteiger partial charge in [0, 0.05) is 131 Å². The molecular weight excluding hydrogens is 1680 g/mol. The van der Waals surface area contributed by atoms with Gasteiger partial charge >= 0.3 is 5.97 Å². The molecule has 6 aromatic carbocycles. The number of carboxylic acids is 1. The minimum absolute atomic E-state index is 0.0143. The van der Waals surface area contributed by atoms with Gasteiger partial charge in [-0.1, -0.05) is 38.5 Å². The number of aliphatic hydroxyl groups excluding tert-OH is 1. The third kappa shape index (κ3) is 22.6. The minimum atomic E-state index is -1.55. The average Bonchev–Trinajstić information content (AvgIpc) is 0.743. The van der Waals surface area contributed by atoms with Crippen molar-refractivity contribution in [3.63, 3.8) is 0 Å². The van der Waals surface area contributed by atoms with E-state index in [1.807, 2.05) is 16.7 Å². The van der Waals surface area contributed by atoms with Crippen molar-refractivity contribution in [2.45, 2.75) is 122 Å². The van der Waals surface area contributed by atoms with Crippen molar-refractivity contribution in [3.05, 3.63) is 177 Å². The predicted octanol–water partition coefficient (Wildman–Crippen LogP) is 4.63. The zero-order chi connectivity index (χ0) is 92.6. The number of aromatic hydroxyl groups is 1. The van der Waals surface area contributed by atoms with Crippen LogP contribution in [0.5, 0.6) is 5.75 Å². The molecule has 680 valence electrons. The van der Waals surface area contributed by atoms with E-state index in [-0.39, 0.29) is 191 Å². The van der Waals surface area contributed by atoms with E-state index >= 15 is 0 Å². The number of fused-ring (bicyclic) bond motifs is 6. The van der Waals surface area contributed by atoms with Crippen molar-refractivity contribution in [2.75, 3.05) is 106 Å². The van der Waals surface area contributed by atoms with Crippen LogP contribution < -0.4 is 107 Å². The van der Waals surface area contributed by atoms with Crippen molar-refractivity contribution in [2.24, 2.45) is 40.7 Å². The van der Waals surface area contributed by atoms with Crippen LogP contribution in [-0.4, -0.2) is 190 Å². The molecule has 6 aliphatic rings. The number of nitrogens with zero attached hydrogens (tertiary/aromatic N) is 5. The van der Waals surface area contributed by atoms with Crippen LogP contribution in [-0.2, 0) is 51.4 Å². The number of hydrogen-bond donors (Lipinski definition) is 20. The second-order valence-corrected chi connectivity index (χ2v) is 32.2. The average molecular weight is 1780 g/mol. The summed E-state index contributed by atoms with van der Waals surface area (Å²) in [6.07, 6.45) is 3.77. The Hall–Kier alpha value is -15.2. The molecule has 7 aromatic rings. The highest BCUT2D eigenvalue weighted by molar-refractivity contribution is 6.10. The third-order valence-electron chi connectivity index (χ3n) is 23.3. The number of phenolic OH excluding ortho intramolecular Hbond substituents is 1. The fourth-order valence-corrected chi connectivity index (χ4v) is 15.9. The fourth-order valence-electron chi connectivity index (χ4n) is 15.9. The Morgan fingerprint density at radius 3 is 1.54 bits per heavy atom. The van der Waals surface area contributed by atoms with Gasteiger partial charge in [-0.3, -0.25) is 62.3 Å². The van der Waals surface area contributed by atoms with Gasteiger partial charge in [0.05, 0.1) is 36.4 Å². The molecule has 13 rings (SSSR count). The molecule has 12 amide bonds. The second kappa shape index (κ2) is 42.0. The highest BCUT2D eigenvalue weighted by atomic mass is 16.4. The molecule has 1 aliphatic carbocycles. The van der Waals surface area contributed by atoms with Crippen molar-refractivity contribution < 1.29 is 82.1 Å². The number of primary amides is 2. The largest absolute Gasteiger partial charge is 0.508 e. The molecule has 5 aliphatic heterocycles. The molecule has 24 N–H and O–H groups in total. The molecule has 0 radical (unpaired) electrons. The predicted molar refractivity (Wildman–Crippen MR) is 483 cm³/mol. The molecule has 2 fully saturated rings. The van der Waals surface area contributed by atoms with Crippen LogP contribution in [0.25, 0.3) is 33.4 Å². The second-order valence-electron chi connectivity index (χ2n) is 32.2. The van der Waals surface area contributed by atoms with Crippen LogP contribution in [0.3, 0.4) is 0 Å². The van der Waals surface area contributed by atoms with Gasteiger partial charge in [-0.05, 0) is 197 Å². The van der Waals surface area contributed by atoms with Crippen molar-refractivity contribution >= 4 is 145 Å². The standard InChI is InChI=1S/C90H102N22O18/c1-3-46(2)76-86(127)103-67(9-5-7-29-92)84(125)105-69-35-50(78(94)119)11-13-52(69)42-96-65-23-16-54(38-63(65)82(123)107-76)100-74(117)44-98-80(121)48-26-32-112(33-27-48)90-109-88(101-55-14-19-58(61(36-55)87(128)129)75-59-20-17-56(114)39-71(59)130-72-40-57(115)18-21-60(72)75)108-89(110-90)111-30-24-47(25-31-111)79(120)97-43-73(116)99-53-15-22-64-62(37-53)81(122)106-70(45-113)85(126)102-66(8-4-6-28-91)83(124)104-68-34-49(77(93)118)10-12-51(68)41-95-64/h10-23,34-40,46-48,66-67,70,76,95-96,113-114H,3-9,24-33,41-45,91-92H2,1-2H3,(H2,93,118)(H2,94,119)(H,97,120)(H,98,121)(H,99,116)(H,100,117)(H,102,126)(H,103,127)(H,104,124)(H,105,125)(H,106,122)(H,107,123)(H,128,129)(H,101,108,109,110)/t46-,66-,67-,70-,76-/m0/s1. The highest BCUT2D eigenvalue weighted by Crippen LogP contribution is 2.43. The Morgan fingerprint density at radius 2 is 1.04 bits per heavy atom. The summed E-state index contributed by atoms with van der Waals surface area (Å²) in [5.41, 5.74) is 26.0.